The minimum Gasteiger partial charge on any atom is -0.481 e. The van der Waals surface area contributed by atoms with Crippen molar-refractivity contribution in [2.75, 3.05) is 10.8 Å². The summed E-state index contributed by atoms with van der Waals surface area (Å²) in [5.41, 5.74) is 1.37. The Bertz CT molecular complexity index is 848. The van der Waals surface area contributed by atoms with Crippen LogP contribution in [0.4, 0.5) is 5.69 Å². The van der Waals surface area contributed by atoms with Crippen LogP contribution in [0.5, 0.6) is 0 Å². The second-order valence-electron chi connectivity index (χ2n) is 5.89. The number of hydrogen-bond acceptors (Lipinski definition) is 3. The molecule has 0 saturated carbocycles. The summed E-state index contributed by atoms with van der Waals surface area (Å²) in [5, 5.41) is 9.03. The molecule has 0 aliphatic heterocycles. The van der Waals surface area contributed by atoms with E-state index in [1.54, 1.807) is 24.3 Å². The first-order valence-electron chi connectivity index (χ1n) is 7.82. The quantitative estimate of drug-likeness (QED) is 0.719. The van der Waals surface area contributed by atoms with Gasteiger partial charge in [-0.1, -0.05) is 48.0 Å². The zero-order valence-electron chi connectivity index (χ0n) is 14.0. The van der Waals surface area contributed by atoms with Crippen LogP contribution in [0, 0.1) is 0 Å². The average molecular weight is 426 g/mol. The number of aliphatic carboxylic acids is 1. The third-order valence-corrected chi connectivity index (χ3v) is 6.11. The molecular weight excluding hydrogens is 406 g/mol. The Kier molecular flexibility index (Phi) is 6.24. The van der Waals surface area contributed by atoms with E-state index in [-0.39, 0.29) is 23.8 Å². The number of carboxylic acid groups (broad SMARTS) is 1. The van der Waals surface area contributed by atoms with E-state index in [0.29, 0.717) is 5.69 Å². The van der Waals surface area contributed by atoms with E-state index in [1.807, 2.05) is 26.0 Å². The molecule has 0 bridgehead atoms. The van der Waals surface area contributed by atoms with E-state index in [9.17, 15) is 13.2 Å². The van der Waals surface area contributed by atoms with Crippen molar-refractivity contribution in [1.29, 1.82) is 0 Å². The van der Waals surface area contributed by atoms with E-state index in [1.165, 1.54) is 16.4 Å². The summed E-state index contributed by atoms with van der Waals surface area (Å²) in [6, 6.07) is 13.5. The van der Waals surface area contributed by atoms with Gasteiger partial charge in [-0.3, -0.25) is 9.10 Å². The monoisotopic (exact) mass is 425 g/mol. The van der Waals surface area contributed by atoms with Crippen LogP contribution in [0.2, 0.25) is 0 Å². The van der Waals surface area contributed by atoms with Gasteiger partial charge in [-0.25, -0.2) is 8.42 Å². The molecule has 0 fully saturated rings. The highest BCUT2D eigenvalue weighted by atomic mass is 79.9. The molecule has 0 saturated heterocycles. The van der Waals surface area contributed by atoms with Crippen molar-refractivity contribution in [1.82, 2.24) is 0 Å². The van der Waals surface area contributed by atoms with Crippen LogP contribution < -0.4 is 4.31 Å². The summed E-state index contributed by atoms with van der Waals surface area (Å²) in [6.07, 6.45) is -0.276. The van der Waals surface area contributed by atoms with Gasteiger partial charge in [-0.15, -0.1) is 0 Å². The fraction of sp³-hybridized carbons (Fsp3) is 0.278. The molecule has 0 amide bonds. The van der Waals surface area contributed by atoms with Crippen molar-refractivity contribution < 1.29 is 18.3 Å². The largest absolute Gasteiger partial charge is 0.481 e. The third kappa shape index (κ3) is 4.61. The molecule has 0 unspecified atom stereocenters. The van der Waals surface area contributed by atoms with Crippen molar-refractivity contribution in [3.8, 4) is 0 Å². The minimum absolute atomic E-state index is 0.101. The first-order chi connectivity index (χ1) is 11.7. The lowest BCUT2D eigenvalue weighted by Gasteiger charge is -2.27. The van der Waals surface area contributed by atoms with Crippen molar-refractivity contribution >= 4 is 37.6 Å². The number of carbonyl (C=O) groups is 1. The summed E-state index contributed by atoms with van der Waals surface area (Å²) < 4.78 is 28.3. The van der Waals surface area contributed by atoms with E-state index in [2.05, 4.69) is 15.9 Å². The Morgan fingerprint density at radius 3 is 2.28 bits per heavy atom. The van der Waals surface area contributed by atoms with Gasteiger partial charge in [0.25, 0.3) is 10.0 Å². The van der Waals surface area contributed by atoms with Crippen molar-refractivity contribution in [2.45, 2.75) is 31.1 Å². The maximum Gasteiger partial charge on any atom is 0.305 e. The molecule has 0 spiro atoms. The Balaban J connectivity index is 2.56. The fourth-order valence-electron chi connectivity index (χ4n) is 2.50. The predicted octanol–water partition coefficient (Wildman–Crippen LogP) is 4.24. The number of sulfonamides is 1. The lowest BCUT2D eigenvalue weighted by atomic mass is 10.0. The molecule has 25 heavy (non-hydrogen) atoms. The van der Waals surface area contributed by atoms with Crippen molar-refractivity contribution in [3.05, 3.63) is 58.6 Å². The van der Waals surface area contributed by atoms with Gasteiger partial charge in [-0.2, -0.15) is 0 Å². The second-order valence-corrected chi connectivity index (χ2v) is 8.67. The van der Waals surface area contributed by atoms with E-state index in [0.717, 1.165) is 10.0 Å². The lowest BCUT2D eigenvalue weighted by Crippen LogP contribution is -2.34. The number of carboxylic acids is 1. The predicted molar refractivity (Wildman–Crippen MR) is 101 cm³/mol. The maximum absolute atomic E-state index is 13.1. The van der Waals surface area contributed by atoms with Gasteiger partial charge in [0.15, 0.2) is 0 Å². The Morgan fingerprint density at radius 1 is 1.12 bits per heavy atom. The number of anilines is 1. The number of benzene rings is 2. The van der Waals surface area contributed by atoms with Gasteiger partial charge in [0.1, 0.15) is 0 Å². The molecule has 2 rings (SSSR count). The molecule has 2 aromatic carbocycles. The second kappa shape index (κ2) is 8.01. The Hall–Kier alpha value is -1.86. The molecule has 0 atom stereocenters. The molecule has 134 valence electrons. The lowest BCUT2D eigenvalue weighted by molar-refractivity contribution is -0.136. The number of hydrogen-bond donors (Lipinski definition) is 1. The smallest absolute Gasteiger partial charge is 0.305 e. The van der Waals surface area contributed by atoms with Crippen LogP contribution in [-0.2, 0) is 14.8 Å². The number of halogens is 1. The molecule has 0 aromatic heterocycles. The molecular formula is C18H20BrNO4S. The molecule has 0 aliphatic carbocycles. The normalized spacial score (nSPS) is 11.5. The zero-order chi connectivity index (χ0) is 18.6. The van der Waals surface area contributed by atoms with Gasteiger partial charge in [0, 0.05) is 11.0 Å². The maximum atomic E-state index is 13.1. The summed E-state index contributed by atoms with van der Waals surface area (Å²) in [7, 11) is -3.87. The highest BCUT2D eigenvalue weighted by molar-refractivity contribution is 9.10. The zero-order valence-corrected chi connectivity index (χ0v) is 16.4. The Labute approximate surface area is 156 Å². The first kappa shape index (κ1) is 19.5. The van der Waals surface area contributed by atoms with Crippen LogP contribution in [-0.4, -0.2) is 26.0 Å². The molecule has 2 aromatic rings. The van der Waals surface area contributed by atoms with E-state index >= 15 is 0 Å². The summed E-state index contributed by atoms with van der Waals surface area (Å²) in [5.74, 6) is -0.943. The molecule has 0 radical (unpaired) electrons. The van der Waals surface area contributed by atoms with Gasteiger partial charge >= 0.3 is 5.97 Å². The number of nitrogens with zero attached hydrogens (tertiary/aromatic N) is 1. The summed E-state index contributed by atoms with van der Waals surface area (Å²) >= 11 is 3.29. The summed E-state index contributed by atoms with van der Waals surface area (Å²) in [6.45, 7) is 3.82. The average Bonchev–Trinajstić information content (AvgIpc) is 2.55. The number of rotatable bonds is 7. The minimum atomic E-state index is -3.87. The number of para-hydroxylation sites is 1. The fourth-order valence-corrected chi connectivity index (χ4v) is 4.26. The highest BCUT2D eigenvalue weighted by Gasteiger charge is 2.27. The molecule has 1 N–H and O–H groups in total. The van der Waals surface area contributed by atoms with Crippen LogP contribution >= 0.6 is 15.9 Å². The highest BCUT2D eigenvalue weighted by Crippen LogP contribution is 2.32. The van der Waals surface area contributed by atoms with Crippen LogP contribution in [0.15, 0.2) is 57.9 Å². The van der Waals surface area contributed by atoms with Gasteiger partial charge in [-0.05, 0) is 41.8 Å². The van der Waals surface area contributed by atoms with Gasteiger partial charge < -0.3 is 5.11 Å². The molecule has 0 heterocycles. The van der Waals surface area contributed by atoms with Crippen molar-refractivity contribution in [2.24, 2.45) is 0 Å². The molecule has 0 aliphatic rings. The van der Waals surface area contributed by atoms with Crippen LogP contribution in [0.25, 0.3) is 0 Å². The van der Waals surface area contributed by atoms with Gasteiger partial charge in [0.2, 0.25) is 0 Å². The van der Waals surface area contributed by atoms with Gasteiger partial charge in [0.05, 0.1) is 17.0 Å². The van der Waals surface area contributed by atoms with E-state index < -0.39 is 16.0 Å². The SMILES string of the molecule is CC(C)c1ccccc1N(CCC(=O)O)S(=O)(=O)c1ccc(Br)cc1. The standard InChI is InChI=1S/C18H20BrNO4S/c1-13(2)16-5-3-4-6-17(16)20(12-11-18(21)22)25(23,24)15-9-7-14(19)8-10-15/h3-10,13H,11-12H2,1-2H3,(H,21,22). The van der Waals surface area contributed by atoms with Crippen molar-refractivity contribution in [3.63, 3.8) is 0 Å². The molecule has 5 nitrogen and oxygen atoms in total. The topological polar surface area (TPSA) is 74.7 Å². The third-order valence-electron chi connectivity index (χ3n) is 3.76. The van der Waals surface area contributed by atoms with E-state index in [4.69, 9.17) is 5.11 Å². The van der Waals surface area contributed by atoms with Crippen LogP contribution in [0.1, 0.15) is 31.7 Å². The first-order valence-corrected chi connectivity index (χ1v) is 10.1. The van der Waals surface area contributed by atoms with Crippen LogP contribution in [0.3, 0.4) is 0 Å². The molecule has 7 heteroatoms. The Morgan fingerprint density at radius 2 is 1.72 bits per heavy atom. The summed E-state index contributed by atoms with van der Waals surface area (Å²) in [4.78, 5) is 11.2.